The third kappa shape index (κ3) is 3.95. The summed E-state index contributed by atoms with van der Waals surface area (Å²) in [6.45, 7) is 1.86. The zero-order valence-electron chi connectivity index (χ0n) is 14.1. The van der Waals surface area contributed by atoms with Crippen molar-refractivity contribution < 1.29 is 9.85 Å². The summed E-state index contributed by atoms with van der Waals surface area (Å²) < 4.78 is 0. The molecule has 0 aliphatic carbocycles. The summed E-state index contributed by atoms with van der Waals surface area (Å²) in [4.78, 5) is 29.3. The third-order valence-electron chi connectivity index (χ3n) is 3.72. The minimum atomic E-state index is -0.611. The second-order valence-electron chi connectivity index (χ2n) is 5.55. The van der Waals surface area contributed by atoms with Crippen LogP contribution in [0.4, 0.5) is 34.4 Å². The first-order valence-corrected chi connectivity index (χ1v) is 7.79. The molecule has 0 radical (unpaired) electrons. The van der Waals surface area contributed by atoms with Crippen LogP contribution >= 0.6 is 0 Å². The molecule has 0 unspecified atom stereocenters. The highest BCUT2D eigenvalue weighted by atomic mass is 16.6. The van der Waals surface area contributed by atoms with E-state index in [0.29, 0.717) is 11.4 Å². The molecule has 10 heteroatoms. The number of para-hydroxylation sites is 1. The monoisotopic (exact) mass is 366 g/mol. The van der Waals surface area contributed by atoms with Gasteiger partial charge in [-0.15, -0.1) is 0 Å². The van der Waals surface area contributed by atoms with E-state index in [-0.39, 0.29) is 23.0 Å². The molecule has 2 N–H and O–H groups in total. The van der Waals surface area contributed by atoms with Gasteiger partial charge in [0.2, 0.25) is 11.6 Å². The van der Waals surface area contributed by atoms with E-state index < -0.39 is 9.85 Å². The zero-order chi connectivity index (χ0) is 19.4. The summed E-state index contributed by atoms with van der Waals surface area (Å²) in [5.41, 5.74) is 1.34. The van der Waals surface area contributed by atoms with Crippen molar-refractivity contribution in [1.82, 2.24) is 9.97 Å². The number of nitrogens with zero attached hydrogens (tertiary/aromatic N) is 4. The number of nitro groups is 2. The topological polar surface area (TPSA) is 136 Å². The lowest BCUT2D eigenvalue weighted by Crippen LogP contribution is -2.06. The molecule has 0 amide bonds. The first-order chi connectivity index (χ1) is 13.0. The fraction of sp³-hybridized carbons (Fsp3) is 0.0588. The van der Waals surface area contributed by atoms with Crippen molar-refractivity contribution in [1.29, 1.82) is 0 Å². The summed E-state index contributed by atoms with van der Waals surface area (Å²) >= 11 is 0. The Bertz CT molecular complexity index is 1020. The van der Waals surface area contributed by atoms with Crippen molar-refractivity contribution >= 4 is 34.4 Å². The molecule has 0 spiro atoms. The lowest BCUT2D eigenvalue weighted by molar-refractivity contribution is -0.384. The quantitative estimate of drug-likeness (QED) is 0.492. The van der Waals surface area contributed by atoms with Crippen LogP contribution in [0, 0.1) is 27.2 Å². The fourth-order valence-electron chi connectivity index (χ4n) is 2.41. The summed E-state index contributed by atoms with van der Waals surface area (Å²) in [7, 11) is 0. The molecule has 3 aromatic rings. The Balaban J connectivity index is 1.99. The summed E-state index contributed by atoms with van der Waals surface area (Å²) in [6.07, 6.45) is 1.17. The van der Waals surface area contributed by atoms with Crippen LogP contribution < -0.4 is 10.6 Å². The van der Waals surface area contributed by atoms with Crippen LogP contribution in [-0.4, -0.2) is 19.8 Å². The van der Waals surface area contributed by atoms with E-state index in [1.165, 1.54) is 24.5 Å². The number of hydrogen-bond donors (Lipinski definition) is 2. The number of nitro benzene ring substituents is 1. The highest BCUT2D eigenvalue weighted by molar-refractivity contribution is 5.77. The number of anilines is 4. The van der Waals surface area contributed by atoms with E-state index in [4.69, 9.17) is 0 Å². The molecule has 0 aliphatic rings. The van der Waals surface area contributed by atoms with Crippen molar-refractivity contribution in [2.24, 2.45) is 0 Å². The van der Waals surface area contributed by atoms with Gasteiger partial charge in [0, 0.05) is 23.5 Å². The van der Waals surface area contributed by atoms with Crippen LogP contribution in [0.5, 0.6) is 0 Å². The predicted octanol–water partition coefficient (Wildman–Crippen LogP) is 4.09. The second-order valence-corrected chi connectivity index (χ2v) is 5.55. The van der Waals surface area contributed by atoms with Crippen LogP contribution in [0.3, 0.4) is 0 Å². The van der Waals surface area contributed by atoms with E-state index in [1.54, 1.807) is 18.2 Å². The van der Waals surface area contributed by atoms with E-state index in [2.05, 4.69) is 20.6 Å². The predicted molar refractivity (Wildman–Crippen MR) is 99.5 cm³/mol. The number of non-ortho nitro benzene ring substituents is 1. The molecule has 2 aromatic carbocycles. The first kappa shape index (κ1) is 17.7. The summed E-state index contributed by atoms with van der Waals surface area (Å²) in [5, 5.41) is 28.2. The maximum absolute atomic E-state index is 11.6. The Morgan fingerprint density at radius 1 is 0.889 bits per heavy atom. The normalized spacial score (nSPS) is 10.3. The first-order valence-electron chi connectivity index (χ1n) is 7.79. The van der Waals surface area contributed by atoms with Crippen LogP contribution in [-0.2, 0) is 0 Å². The van der Waals surface area contributed by atoms with E-state index >= 15 is 0 Å². The second kappa shape index (κ2) is 7.44. The van der Waals surface area contributed by atoms with Crippen molar-refractivity contribution in [3.8, 4) is 0 Å². The smallest absolute Gasteiger partial charge is 0.334 e. The molecule has 0 saturated carbocycles. The Hall–Kier alpha value is -4.08. The fourth-order valence-corrected chi connectivity index (χ4v) is 2.41. The maximum atomic E-state index is 11.6. The number of hydrogen-bond acceptors (Lipinski definition) is 8. The molecular formula is C17H14N6O4. The average Bonchev–Trinajstić information content (AvgIpc) is 2.64. The molecule has 1 heterocycles. The number of rotatable bonds is 6. The SMILES string of the molecule is Cc1ccccc1Nc1ncnc(Nc2cccc([N+](=O)[O-])c2)c1[N+](=O)[O-]. The minimum absolute atomic E-state index is 0.0113. The highest BCUT2D eigenvalue weighted by Gasteiger charge is 2.24. The maximum Gasteiger partial charge on any atom is 0.353 e. The molecule has 0 fully saturated rings. The van der Waals surface area contributed by atoms with E-state index in [9.17, 15) is 20.2 Å². The van der Waals surface area contributed by atoms with E-state index in [1.807, 2.05) is 19.1 Å². The lowest BCUT2D eigenvalue weighted by atomic mass is 10.2. The van der Waals surface area contributed by atoms with Gasteiger partial charge in [-0.2, -0.15) is 0 Å². The van der Waals surface area contributed by atoms with Gasteiger partial charge in [0.15, 0.2) is 0 Å². The summed E-state index contributed by atoms with van der Waals surface area (Å²) in [6, 6.07) is 12.9. The molecule has 27 heavy (non-hydrogen) atoms. The number of nitrogens with one attached hydrogen (secondary N) is 2. The van der Waals surface area contributed by atoms with Gasteiger partial charge in [-0.05, 0) is 24.6 Å². The lowest BCUT2D eigenvalue weighted by Gasteiger charge is -2.11. The molecule has 3 rings (SSSR count). The van der Waals surface area contributed by atoms with Crippen molar-refractivity contribution in [2.75, 3.05) is 10.6 Å². The minimum Gasteiger partial charge on any atom is -0.334 e. The van der Waals surface area contributed by atoms with Crippen molar-refractivity contribution in [3.05, 3.63) is 80.7 Å². The molecule has 0 atom stereocenters. The Labute approximate surface area is 153 Å². The van der Waals surface area contributed by atoms with Crippen LogP contribution in [0.15, 0.2) is 54.9 Å². The standard InChI is InChI=1S/C17H14N6O4/c1-11-5-2-3-8-14(11)21-17-15(23(26)27)16(18-10-19-17)20-12-6-4-7-13(9-12)22(24)25/h2-10H,1H3,(H2,18,19,20,21). The van der Waals surface area contributed by atoms with Gasteiger partial charge in [0.1, 0.15) is 6.33 Å². The molecule has 0 saturated heterocycles. The third-order valence-corrected chi connectivity index (χ3v) is 3.72. The van der Waals surface area contributed by atoms with Gasteiger partial charge in [0.25, 0.3) is 5.69 Å². The highest BCUT2D eigenvalue weighted by Crippen LogP contribution is 2.34. The van der Waals surface area contributed by atoms with Crippen LogP contribution in [0.1, 0.15) is 5.56 Å². The molecule has 10 nitrogen and oxygen atoms in total. The molecular weight excluding hydrogens is 352 g/mol. The molecule has 1 aromatic heterocycles. The van der Waals surface area contributed by atoms with Gasteiger partial charge in [-0.25, -0.2) is 9.97 Å². The van der Waals surface area contributed by atoms with Gasteiger partial charge >= 0.3 is 5.69 Å². The number of benzene rings is 2. The van der Waals surface area contributed by atoms with Gasteiger partial charge in [-0.1, -0.05) is 24.3 Å². The number of aromatic nitrogens is 2. The zero-order valence-corrected chi connectivity index (χ0v) is 14.1. The van der Waals surface area contributed by atoms with Crippen molar-refractivity contribution in [3.63, 3.8) is 0 Å². The van der Waals surface area contributed by atoms with Gasteiger partial charge in [0.05, 0.1) is 9.85 Å². The Morgan fingerprint density at radius 3 is 2.26 bits per heavy atom. The Kier molecular flexibility index (Phi) is 4.88. The molecule has 0 bridgehead atoms. The van der Waals surface area contributed by atoms with Crippen LogP contribution in [0.2, 0.25) is 0 Å². The average molecular weight is 366 g/mol. The van der Waals surface area contributed by atoms with Gasteiger partial charge in [-0.3, -0.25) is 20.2 Å². The van der Waals surface area contributed by atoms with Crippen molar-refractivity contribution in [2.45, 2.75) is 6.92 Å². The number of aryl methyl sites for hydroxylation is 1. The Morgan fingerprint density at radius 2 is 1.59 bits per heavy atom. The molecule has 136 valence electrons. The van der Waals surface area contributed by atoms with E-state index in [0.717, 1.165) is 5.56 Å². The molecule has 0 aliphatic heterocycles. The summed E-state index contributed by atoms with van der Waals surface area (Å²) in [5.74, 6) is -0.0659. The largest absolute Gasteiger partial charge is 0.353 e. The van der Waals surface area contributed by atoms with Crippen LogP contribution in [0.25, 0.3) is 0 Å². The van der Waals surface area contributed by atoms with Gasteiger partial charge < -0.3 is 10.6 Å².